The van der Waals surface area contributed by atoms with Crippen LogP contribution < -0.4 is 10.0 Å². The lowest BCUT2D eigenvalue weighted by Gasteiger charge is -2.13. The van der Waals surface area contributed by atoms with Gasteiger partial charge in [-0.15, -0.1) is 0 Å². The van der Waals surface area contributed by atoms with Crippen molar-refractivity contribution < 1.29 is 27.3 Å². The van der Waals surface area contributed by atoms with Gasteiger partial charge in [0.1, 0.15) is 5.76 Å². The van der Waals surface area contributed by atoms with Crippen molar-refractivity contribution in [2.24, 2.45) is 0 Å². The number of aryl methyl sites for hydroxylation is 1. The predicted molar refractivity (Wildman–Crippen MR) is 108 cm³/mol. The van der Waals surface area contributed by atoms with Crippen molar-refractivity contribution in [3.8, 4) is 0 Å². The molecule has 0 spiro atoms. The normalized spacial score (nSPS) is 12.1. The number of anilines is 2. The molecule has 0 fully saturated rings. The highest BCUT2D eigenvalue weighted by Gasteiger charge is 2.21. The van der Waals surface area contributed by atoms with Crippen LogP contribution in [0.3, 0.4) is 0 Å². The van der Waals surface area contributed by atoms with E-state index in [1.54, 1.807) is 37.3 Å². The molecule has 156 valence electrons. The highest BCUT2D eigenvalue weighted by atomic mass is 32.2. The molecular weight excluding hydrogens is 410 g/mol. The van der Waals surface area contributed by atoms with Gasteiger partial charge in [0.2, 0.25) is 0 Å². The van der Waals surface area contributed by atoms with Crippen LogP contribution >= 0.6 is 0 Å². The van der Waals surface area contributed by atoms with Crippen LogP contribution in [0, 0.1) is 6.92 Å². The van der Waals surface area contributed by atoms with Crippen molar-refractivity contribution in [3.63, 3.8) is 0 Å². The topological polar surface area (TPSA) is 128 Å². The molecule has 1 aromatic heterocycles. The number of hydrogen-bond acceptors (Lipinski definition) is 7. The second-order valence-electron chi connectivity index (χ2n) is 6.36. The summed E-state index contributed by atoms with van der Waals surface area (Å²) in [6.45, 7) is 3.08. The highest BCUT2D eigenvalue weighted by molar-refractivity contribution is 7.92. The van der Waals surface area contributed by atoms with Crippen molar-refractivity contribution in [1.29, 1.82) is 0 Å². The summed E-state index contributed by atoms with van der Waals surface area (Å²) in [5, 5.41) is 6.09. The van der Waals surface area contributed by atoms with Crippen molar-refractivity contribution in [1.82, 2.24) is 5.16 Å². The van der Waals surface area contributed by atoms with Crippen LogP contribution in [-0.4, -0.2) is 31.6 Å². The maximum Gasteiger partial charge on any atom is 0.338 e. The minimum Gasteiger partial charge on any atom is -0.449 e. The van der Waals surface area contributed by atoms with Crippen molar-refractivity contribution in [2.45, 2.75) is 24.8 Å². The number of carbonyl (C=O) groups excluding carboxylic acids is 2. The summed E-state index contributed by atoms with van der Waals surface area (Å²) in [5.41, 5.74) is 0.522. The molecule has 0 unspecified atom stereocenters. The Balaban J connectivity index is 1.62. The molecule has 30 heavy (non-hydrogen) atoms. The van der Waals surface area contributed by atoms with E-state index in [2.05, 4.69) is 15.2 Å². The van der Waals surface area contributed by atoms with Gasteiger partial charge in [0.15, 0.2) is 11.9 Å². The summed E-state index contributed by atoms with van der Waals surface area (Å²) in [7, 11) is -3.81. The number of benzene rings is 2. The molecule has 3 aromatic rings. The Morgan fingerprint density at radius 3 is 2.33 bits per heavy atom. The molecule has 0 aliphatic rings. The third-order valence-electron chi connectivity index (χ3n) is 3.96. The van der Waals surface area contributed by atoms with E-state index in [0.29, 0.717) is 11.4 Å². The Morgan fingerprint density at radius 1 is 1.07 bits per heavy atom. The average Bonchev–Trinajstić information content (AvgIpc) is 3.13. The maximum absolute atomic E-state index is 12.4. The minimum absolute atomic E-state index is 0.0184. The monoisotopic (exact) mass is 429 g/mol. The van der Waals surface area contributed by atoms with E-state index >= 15 is 0 Å². The first-order chi connectivity index (χ1) is 14.2. The van der Waals surface area contributed by atoms with Gasteiger partial charge in [0, 0.05) is 11.8 Å². The molecule has 0 saturated carbocycles. The Morgan fingerprint density at radius 2 is 1.73 bits per heavy atom. The number of carbonyl (C=O) groups is 2. The van der Waals surface area contributed by atoms with Crippen LogP contribution in [0.1, 0.15) is 23.0 Å². The molecule has 10 heteroatoms. The fraction of sp³-hybridized carbons (Fsp3) is 0.150. The van der Waals surface area contributed by atoms with Gasteiger partial charge in [-0.25, -0.2) is 13.2 Å². The molecule has 9 nitrogen and oxygen atoms in total. The number of nitrogens with one attached hydrogen (secondary N) is 2. The molecule has 0 bridgehead atoms. The first-order valence-electron chi connectivity index (χ1n) is 8.88. The van der Waals surface area contributed by atoms with Crippen LogP contribution in [0.25, 0.3) is 0 Å². The lowest BCUT2D eigenvalue weighted by Crippen LogP contribution is -2.30. The summed E-state index contributed by atoms with van der Waals surface area (Å²) in [6.07, 6.45) is -1.10. The summed E-state index contributed by atoms with van der Waals surface area (Å²) in [5.74, 6) is -0.621. The fourth-order valence-corrected chi connectivity index (χ4v) is 3.48. The Labute approximate surface area is 173 Å². The van der Waals surface area contributed by atoms with E-state index in [9.17, 15) is 18.0 Å². The molecule has 1 atom stereocenters. The minimum atomic E-state index is -3.81. The SMILES string of the molecule is Cc1cc(NC(=O)[C@@H](C)OC(=O)c2ccc(S(=O)(=O)Nc3ccccc3)cc2)no1. The van der Waals surface area contributed by atoms with Gasteiger partial charge < -0.3 is 14.6 Å². The summed E-state index contributed by atoms with van der Waals surface area (Å²) < 4.78 is 37.3. The van der Waals surface area contributed by atoms with Gasteiger partial charge in [0.05, 0.1) is 10.5 Å². The molecule has 0 aliphatic carbocycles. The van der Waals surface area contributed by atoms with Gasteiger partial charge >= 0.3 is 5.97 Å². The number of aromatic nitrogens is 1. The summed E-state index contributed by atoms with van der Waals surface area (Å²) in [4.78, 5) is 24.3. The van der Waals surface area contributed by atoms with E-state index in [0.717, 1.165) is 0 Å². The van der Waals surface area contributed by atoms with Crippen molar-refractivity contribution in [3.05, 3.63) is 72.0 Å². The maximum atomic E-state index is 12.4. The lowest BCUT2D eigenvalue weighted by atomic mass is 10.2. The van der Waals surface area contributed by atoms with Crippen LogP contribution in [0.5, 0.6) is 0 Å². The zero-order valence-corrected chi connectivity index (χ0v) is 17.0. The van der Waals surface area contributed by atoms with Crippen LogP contribution in [-0.2, 0) is 19.6 Å². The quantitative estimate of drug-likeness (QED) is 0.553. The lowest BCUT2D eigenvalue weighted by molar-refractivity contribution is -0.123. The number of sulfonamides is 1. The van der Waals surface area contributed by atoms with Gasteiger partial charge in [-0.3, -0.25) is 9.52 Å². The number of amides is 1. The number of para-hydroxylation sites is 1. The van der Waals surface area contributed by atoms with Gasteiger partial charge in [-0.2, -0.15) is 0 Å². The Kier molecular flexibility index (Phi) is 6.17. The fourth-order valence-electron chi connectivity index (χ4n) is 2.43. The standard InChI is InChI=1S/C20H19N3O6S/c1-13-12-18(22-29-13)21-19(24)14(2)28-20(25)15-8-10-17(11-9-15)30(26,27)23-16-6-4-3-5-7-16/h3-12,14,23H,1-2H3,(H,21,22,24)/t14-/m1/s1. The second-order valence-corrected chi connectivity index (χ2v) is 8.04. The molecule has 1 amide bonds. The first-order valence-corrected chi connectivity index (χ1v) is 10.4. The Hall–Kier alpha value is -3.66. The van der Waals surface area contributed by atoms with E-state index in [1.807, 2.05) is 0 Å². The van der Waals surface area contributed by atoms with Crippen molar-refractivity contribution in [2.75, 3.05) is 10.0 Å². The van der Waals surface area contributed by atoms with Crippen molar-refractivity contribution >= 4 is 33.4 Å². The average molecular weight is 429 g/mol. The van der Waals surface area contributed by atoms with Gasteiger partial charge in [-0.05, 0) is 50.2 Å². The zero-order valence-electron chi connectivity index (χ0n) is 16.2. The number of esters is 1. The molecule has 0 saturated heterocycles. The van der Waals surface area contributed by atoms with Gasteiger partial charge in [0.25, 0.3) is 15.9 Å². The third kappa shape index (κ3) is 5.23. The zero-order chi connectivity index (χ0) is 21.7. The Bertz CT molecular complexity index is 1140. The molecule has 3 rings (SSSR count). The van der Waals surface area contributed by atoms with Crippen LogP contribution in [0.2, 0.25) is 0 Å². The molecule has 1 heterocycles. The molecule has 0 aliphatic heterocycles. The van der Waals surface area contributed by atoms with E-state index in [-0.39, 0.29) is 16.3 Å². The van der Waals surface area contributed by atoms with Crippen LogP contribution in [0.4, 0.5) is 11.5 Å². The number of hydrogen-bond donors (Lipinski definition) is 2. The summed E-state index contributed by atoms with van der Waals surface area (Å²) in [6, 6.07) is 15.1. The smallest absolute Gasteiger partial charge is 0.338 e. The van der Waals surface area contributed by atoms with E-state index in [4.69, 9.17) is 9.26 Å². The van der Waals surface area contributed by atoms with E-state index in [1.165, 1.54) is 37.3 Å². The number of rotatable bonds is 7. The predicted octanol–water partition coefficient (Wildman–Crippen LogP) is 2.97. The summed E-state index contributed by atoms with van der Waals surface area (Å²) >= 11 is 0. The first kappa shape index (κ1) is 21.1. The van der Waals surface area contributed by atoms with Gasteiger partial charge in [-0.1, -0.05) is 23.4 Å². The molecule has 0 radical (unpaired) electrons. The van der Waals surface area contributed by atoms with Crippen LogP contribution in [0.15, 0.2) is 70.1 Å². The molecular formula is C20H19N3O6S. The third-order valence-corrected chi connectivity index (χ3v) is 5.36. The van der Waals surface area contributed by atoms with E-state index < -0.39 is 28.0 Å². The molecule has 2 aromatic carbocycles. The number of nitrogens with zero attached hydrogens (tertiary/aromatic N) is 1. The second kappa shape index (κ2) is 8.78. The number of ether oxygens (including phenoxy) is 1. The molecule has 2 N–H and O–H groups in total. The largest absolute Gasteiger partial charge is 0.449 e. The highest BCUT2D eigenvalue weighted by Crippen LogP contribution is 2.17.